The largest absolute Gasteiger partial charge is 0.435 e. The zero-order valence-electron chi connectivity index (χ0n) is 10.2. The molecule has 2 nitrogen and oxygen atoms in total. The summed E-state index contributed by atoms with van der Waals surface area (Å²) in [6.07, 6.45) is 2.01. The van der Waals surface area contributed by atoms with E-state index in [1.54, 1.807) is 12.1 Å². The molecule has 0 saturated carbocycles. The molecule has 0 amide bonds. The fraction of sp³-hybridized carbons (Fsp3) is 0.538. The first-order valence-corrected chi connectivity index (χ1v) is 5.88. The summed E-state index contributed by atoms with van der Waals surface area (Å²) in [6, 6.07) is 6.51. The summed E-state index contributed by atoms with van der Waals surface area (Å²) in [4.78, 5) is 0. The molecule has 1 unspecified atom stereocenters. The minimum absolute atomic E-state index is 0.0504. The highest BCUT2D eigenvalue weighted by atomic mass is 19.3. The molecule has 0 heterocycles. The molecule has 0 aliphatic carbocycles. The molecule has 1 aromatic rings. The first-order valence-electron chi connectivity index (χ1n) is 5.88. The topological polar surface area (TPSA) is 35.2 Å². The SMILES string of the molecule is CCC(CC)C(N)c1ccc(OC(F)F)cc1. The molecular weight excluding hydrogens is 224 g/mol. The highest BCUT2D eigenvalue weighted by Gasteiger charge is 2.16. The van der Waals surface area contributed by atoms with Gasteiger partial charge in [0, 0.05) is 6.04 Å². The summed E-state index contributed by atoms with van der Waals surface area (Å²) in [6.45, 7) is 1.42. The Morgan fingerprint density at radius 3 is 2.06 bits per heavy atom. The van der Waals surface area contributed by atoms with E-state index in [2.05, 4.69) is 18.6 Å². The van der Waals surface area contributed by atoms with E-state index in [0.717, 1.165) is 18.4 Å². The Morgan fingerprint density at radius 2 is 1.65 bits per heavy atom. The Kier molecular flexibility index (Phi) is 5.35. The van der Waals surface area contributed by atoms with Gasteiger partial charge in [-0.05, 0) is 23.6 Å². The molecule has 17 heavy (non-hydrogen) atoms. The van der Waals surface area contributed by atoms with Gasteiger partial charge in [-0.25, -0.2) is 0 Å². The second-order valence-electron chi connectivity index (χ2n) is 4.05. The van der Waals surface area contributed by atoms with Crippen molar-refractivity contribution in [2.75, 3.05) is 0 Å². The number of ether oxygens (including phenoxy) is 1. The first kappa shape index (κ1) is 13.9. The van der Waals surface area contributed by atoms with Crippen LogP contribution >= 0.6 is 0 Å². The lowest BCUT2D eigenvalue weighted by Crippen LogP contribution is -2.20. The molecule has 0 saturated heterocycles. The third kappa shape index (κ3) is 3.97. The van der Waals surface area contributed by atoms with E-state index < -0.39 is 6.61 Å². The second-order valence-corrected chi connectivity index (χ2v) is 4.05. The van der Waals surface area contributed by atoms with E-state index in [1.165, 1.54) is 12.1 Å². The molecular formula is C13H19F2NO. The Hall–Kier alpha value is -1.16. The van der Waals surface area contributed by atoms with E-state index >= 15 is 0 Å². The van der Waals surface area contributed by atoms with Crippen molar-refractivity contribution in [3.8, 4) is 5.75 Å². The lowest BCUT2D eigenvalue weighted by molar-refractivity contribution is -0.0498. The molecule has 0 spiro atoms. The Bertz CT molecular complexity index is 323. The smallest absolute Gasteiger partial charge is 0.387 e. The van der Waals surface area contributed by atoms with Gasteiger partial charge >= 0.3 is 6.61 Å². The van der Waals surface area contributed by atoms with Gasteiger partial charge in [-0.1, -0.05) is 38.8 Å². The maximum atomic E-state index is 12.0. The number of hydrogen-bond donors (Lipinski definition) is 1. The fourth-order valence-corrected chi connectivity index (χ4v) is 1.94. The van der Waals surface area contributed by atoms with Gasteiger partial charge in [0.15, 0.2) is 0 Å². The van der Waals surface area contributed by atoms with Gasteiger partial charge in [0.2, 0.25) is 0 Å². The normalized spacial score (nSPS) is 13.1. The van der Waals surface area contributed by atoms with Crippen LogP contribution in [0, 0.1) is 5.92 Å². The lowest BCUT2D eigenvalue weighted by atomic mass is 9.90. The van der Waals surface area contributed by atoms with Gasteiger partial charge in [-0.15, -0.1) is 0 Å². The van der Waals surface area contributed by atoms with Gasteiger partial charge in [-0.2, -0.15) is 8.78 Å². The number of hydrogen-bond acceptors (Lipinski definition) is 2. The van der Waals surface area contributed by atoms with Crippen molar-refractivity contribution in [2.24, 2.45) is 11.7 Å². The van der Waals surface area contributed by atoms with Crippen LogP contribution in [-0.2, 0) is 0 Å². The second kappa shape index (κ2) is 6.55. The van der Waals surface area contributed by atoms with Crippen molar-refractivity contribution >= 4 is 0 Å². The fourth-order valence-electron chi connectivity index (χ4n) is 1.94. The average molecular weight is 243 g/mol. The van der Waals surface area contributed by atoms with Crippen LogP contribution in [0.4, 0.5) is 8.78 Å². The van der Waals surface area contributed by atoms with Crippen LogP contribution in [0.25, 0.3) is 0 Å². The summed E-state index contributed by atoms with van der Waals surface area (Å²) >= 11 is 0. The molecule has 2 N–H and O–H groups in total. The third-order valence-corrected chi connectivity index (χ3v) is 3.05. The van der Waals surface area contributed by atoms with Crippen molar-refractivity contribution < 1.29 is 13.5 Å². The van der Waals surface area contributed by atoms with Crippen LogP contribution in [0.1, 0.15) is 38.3 Å². The molecule has 0 aliphatic heterocycles. The summed E-state index contributed by atoms with van der Waals surface area (Å²) in [7, 11) is 0. The average Bonchev–Trinajstić information content (AvgIpc) is 2.30. The maximum absolute atomic E-state index is 12.0. The molecule has 1 aromatic carbocycles. The van der Waals surface area contributed by atoms with Crippen LogP contribution in [0.15, 0.2) is 24.3 Å². The first-order chi connectivity index (χ1) is 8.08. The van der Waals surface area contributed by atoms with Gasteiger partial charge in [0.1, 0.15) is 5.75 Å². The van der Waals surface area contributed by atoms with Crippen LogP contribution in [0.5, 0.6) is 5.75 Å². The molecule has 0 radical (unpaired) electrons. The highest BCUT2D eigenvalue weighted by Crippen LogP contribution is 2.26. The molecule has 4 heteroatoms. The van der Waals surface area contributed by atoms with E-state index in [9.17, 15) is 8.78 Å². The summed E-state index contributed by atoms with van der Waals surface area (Å²) in [5.74, 6) is 0.581. The van der Waals surface area contributed by atoms with Gasteiger partial charge < -0.3 is 10.5 Å². The Labute approximate surface area is 101 Å². The van der Waals surface area contributed by atoms with Crippen molar-refractivity contribution in [3.05, 3.63) is 29.8 Å². The molecule has 0 fully saturated rings. The number of halogens is 2. The van der Waals surface area contributed by atoms with Crippen molar-refractivity contribution in [3.63, 3.8) is 0 Å². The molecule has 0 aromatic heterocycles. The van der Waals surface area contributed by atoms with Crippen molar-refractivity contribution in [2.45, 2.75) is 39.3 Å². The monoisotopic (exact) mass is 243 g/mol. The molecule has 1 atom stereocenters. The van der Waals surface area contributed by atoms with Gasteiger partial charge in [-0.3, -0.25) is 0 Å². The van der Waals surface area contributed by atoms with Gasteiger partial charge in [0.25, 0.3) is 0 Å². The van der Waals surface area contributed by atoms with E-state index in [4.69, 9.17) is 5.73 Å². The molecule has 0 bridgehead atoms. The quantitative estimate of drug-likeness (QED) is 0.826. The van der Waals surface area contributed by atoms with Crippen molar-refractivity contribution in [1.29, 1.82) is 0 Å². The van der Waals surface area contributed by atoms with Crippen molar-refractivity contribution in [1.82, 2.24) is 0 Å². The van der Waals surface area contributed by atoms with Crippen LogP contribution < -0.4 is 10.5 Å². The number of alkyl halides is 2. The molecule has 96 valence electrons. The minimum Gasteiger partial charge on any atom is -0.435 e. The number of rotatable bonds is 6. The predicted octanol–water partition coefficient (Wildman–Crippen LogP) is 3.72. The zero-order chi connectivity index (χ0) is 12.8. The standard InChI is InChI=1S/C13H19F2NO/c1-3-9(4-2)12(16)10-5-7-11(8-6-10)17-13(14)15/h5-9,12-13H,3-4,16H2,1-2H3. The Morgan fingerprint density at radius 1 is 1.12 bits per heavy atom. The van der Waals surface area contributed by atoms with E-state index in [0.29, 0.717) is 5.92 Å². The van der Waals surface area contributed by atoms with Crippen LogP contribution in [0.3, 0.4) is 0 Å². The lowest BCUT2D eigenvalue weighted by Gasteiger charge is -2.21. The maximum Gasteiger partial charge on any atom is 0.387 e. The molecule has 0 aliphatic rings. The molecule has 1 rings (SSSR count). The summed E-state index contributed by atoms with van der Waals surface area (Å²) in [5.41, 5.74) is 7.08. The number of nitrogens with two attached hydrogens (primary N) is 1. The Balaban J connectivity index is 2.72. The minimum atomic E-state index is -2.78. The zero-order valence-corrected chi connectivity index (χ0v) is 10.2. The third-order valence-electron chi connectivity index (χ3n) is 3.05. The highest BCUT2D eigenvalue weighted by molar-refractivity contribution is 5.29. The predicted molar refractivity (Wildman–Crippen MR) is 64.1 cm³/mol. The summed E-state index contributed by atoms with van der Waals surface area (Å²) in [5, 5.41) is 0. The number of benzene rings is 1. The van der Waals surface area contributed by atoms with Crippen LogP contribution in [-0.4, -0.2) is 6.61 Å². The van der Waals surface area contributed by atoms with E-state index in [1.807, 2.05) is 0 Å². The summed E-state index contributed by atoms with van der Waals surface area (Å²) < 4.78 is 28.2. The van der Waals surface area contributed by atoms with E-state index in [-0.39, 0.29) is 11.8 Å². The van der Waals surface area contributed by atoms with Crippen LogP contribution in [0.2, 0.25) is 0 Å². The van der Waals surface area contributed by atoms with Gasteiger partial charge in [0.05, 0.1) is 0 Å².